The van der Waals surface area contributed by atoms with E-state index < -0.39 is 15.9 Å². The van der Waals surface area contributed by atoms with Crippen LogP contribution in [0.5, 0.6) is 0 Å². The topological polar surface area (TPSA) is 78.8 Å². The maximum absolute atomic E-state index is 12.3. The molecule has 0 saturated carbocycles. The Hall–Kier alpha value is -1.94. The normalized spacial score (nSPS) is 11.9. The number of carbonyl (C=O) groups is 1. The fourth-order valence-electron chi connectivity index (χ4n) is 2.39. The fourth-order valence-corrected chi connectivity index (χ4v) is 3.79. The number of aryl methyl sites for hydroxylation is 1. The Kier molecular flexibility index (Phi) is 7.37. The number of hydrogen-bond donors (Lipinski definition) is 1. The summed E-state index contributed by atoms with van der Waals surface area (Å²) in [5, 5.41) is 4.08. The van der Waals surface area contributed by atoms with Crippen molar-refractivity contribution < 1.29 is 13.2 Å². The lowest BCUT2D eigenvalue weighted by Crippen LogP contribution is -2.39. The van der Waals surface area contributed by atoms with Crippen molar-refractivity contribution in [2.45, 2.75) is 20.3 Å². The first-order valence-electron chi connectivity index (χ1n) is 8.36. The molecule has 0 radical (unpaired) electrons. The van der Waals surface area contributed by atoms with Crippen molar-refractivity contribution in [3.05, 3.63) is 63.2 Å². The molecule has 2 aromatic carbocycles. The summed E-state index contributed by atoms with van der Waals surface area (Å²) in [4.78, 5) is 12.3. The summed E-state index contributed by atoms with van der Waals surface area (Å²) in [5.41, 5.74) is 5.50. The zero-order chi connectivity index (χ0) is 20.0. The summed E-state index contributed by atoms with van der Waals surface area (Å²) in [5.74, 6) is -0.509. The van der Waals surface area contributed by atoms with Crippen molar-refractivity contribution in [1.82, 2.24) is 5.43 Å². The second-order valence-corrected chi connectivity index (χ2v) is 9.18. The van der Waals surface area contributed by atoms with E-state index in [1.807, 2.05) is 43.3 Å². The molecule has 144 valence electrons. The molecule has 2 rings (SSSR count). The van der Waals surface area contributed by atoms with Crippen molar-refractivity contribution >= 4 is 49.9 Å². The maximum atomic E-state index is 12.3. The molecule has 0 spiro atoms. The van der Waals surface area contributed by atoms with Gasteiger partial charge in [0.05, 0.1) is 17.7 Å². The first-order valence-corrected chi connectivity index (χ1v) is 11.3. The SMILES string of the molecule is CCc1ccc(N(CC(=O)N/N=C(/C)c2cccc(I)c2)S(C)(=O)=O)cc1. The van der Waals surface area contributed by atoms with Gasteiger partial charge in [0.2, 0.25) is 10.0 Å². The minimum Gasteiger partial charge on any atom is -0.271 e. The van der Waals surface area contributed by atoms with E-state index in [-0.39, 0.29) is 6.54 Å². The minimum atomic E-state index is -3.61. The molecule has 0 atom stereocenters. The van der Waals surface area contributed by atoms with Crippen LogP contribution in [0, 0.1) is 3.57 Å². The molecule has 0 aliphatic heterocycles. The largest absolute Gasteiger partial charge is 0.271 e. The van der Waals surface area contributed by atoms with Crippen LogP contribution in [0.25, 0.3) is 0 Å². The van der Waals surface area contributed by atoms with E-state index in [9.17, 15) is 13.2 Å². The van der Waals surface area contributed by atoms with Gasteiger partial charge in [-0.2, -0.15) is 5.10 Å². The Morgan fingerprint density at radius 3 is 2.41 bits per heavy atom. The summed E-state index contributed by atoms with van der Waals surface area (Å²) < 4.78 is 26.4. The highest BCUT2D eigenvalue weighted by atomic mass is 127. The molecule has 0 heterocycles. The number of hydrogen-bond acceptors (Lipinski definition) is 4. The van der Waals surface area contributed by atoms with E-state index in [1.165, 1.54) is 0 Å². The predicted octanol–water partition coefficient (Wildman–Crippen LogP) is 3.16. The van der Waals surface area contributed by atoms with E-state index in [1.54, 1.807) is 19.1 Å². The van der Waals surface area contributed by atoms with Crippen molar-refractivity contribution in [1.29, 1.82) is 0 Å². The molecule has 0 aliphatic carbocycles. The highest BCUT2D eigenvalue weighted by Crippen LogP contribution is 2.18. The Bertz CT molecular complexity index is 941. The molecule has 8 heteroatoms. The number of sulfonamides is 1. The Morgan fingerprint density at radius 2 is 1.85 bits per heavy atom. The number of rotatable bonds is 7. The second-order valence-electron chi connectivity index (χ2n) is 6.03. The second kappa shape index (κ2) is 9.32. The fraction of sp³-hybridized carbons (Fsp3) is 0.263. The van der Waals surface area contributed by atoms with Crippen LogP contribution in [-0.2, 0) is 21.2 Å². The number of hydrazone groups is 1. The van der Waals surface area contributed by atoms with Crippen molar-refractivity contribution in [2.24, 2.45) is 5.10 Å². The van der Waals surface area contributed by atoms with Gasteiger partial charge in [0.1, 0.15) is 6.54 Å². The number of nitrogens with zero attached hydrogens (tertiary/aromatic N) is 2. The predicted molar refractivity (Wildman–Crippen MR) is 118 cm³/mol. The Balaban J connectivity index is 2.13. The van der Waals surface area contributed by atoms with Crippen molar-refractivity contribution in [3.63, 3.8) is 0 Å². The zero-order valence-electron chi connectivity index (χ0n) is 15.4. The van der Waals surface area contributed by atoms with Crippen LogP contribution < -0.4 is 9.73 Å². The molecule has 0 aromatic heterocycles. The molecule has 0 fully saturated rings. The summed E-state index contributed by atoms with van der Waals surface area (Å²) in [6.45, 7) is 3.46. The van der Waals surface area contributed by atoms with Crippen LogP contribution in [0.1, 0.15) is 25.0 Å². The summed E-state index contributed by atoms with van der Waals surface area (Å²) in [6, 6.07) is 14.8. The van der Waals surface area contributed by atoms with Gasteiger partial charge in [-0.05, 0) is 71.3 Å². The molecule has 0 bridgehead atoms. The molecule has 27 heavy (non-hydrogen) atoms. The van der Waals surface area contributed by atoms with Gasteiger partial charge in [-0.25, -0.2) is 13.8 Å². The van der Waals surface area contributed by atoms with Crippen LogP contribution in [-0.4, -0.2) is 32.8 Å². The van der Waals surface area contributed by atoms with Gasteiger partial charge in [0.25, 0.3) is 5.91 Å². The minimum absolute atomic E-state index is 0.340. The quantitative estimate of drug-likeness (QED) is 0.361. The third-order valence-electron chi connectivity index (χ3n) is 3.91. The van der Waals surface area contributed by atoms with Gasteiger partial charge in [-0.3, -0.25) is 9.10 Å². The van der Waals surface area contributed by atoms with Gasteiger partial charge in [0.15, 0.2) is 0 Å². The van der Waals surface area contributed by atoms with Crippen LogP contribution in [0.2, 0.25) is 0 Å². The maximum Gasteiger partial charge on any atom is 0.260 e. The Labute approximate surface area is 173 Å². The number of anilines is 1. The van der Waals surface area contributed by atoms with Gasteiger partial charge < -0.3 is 0 Å². The number of carbonyl (C=O) groups excluding carboxylic acids is 1. The molecular formula is C19H22IN3O3S. The molecular weight excluding hydrogens is 477 g/mol. The lowest BCUT2D eigenvalue weighted by atomic mass is 10.1. The number of halogens is 1. The highest BCUT2D eigenvalue weighted by Gasteiger charge is 2.20. The zero-order valence-corrected chi connectivity index (χ0v) is 18.4. The average Bonchev–Trinajstić information content (AvgIpc) is 2.63. The summed E-state index contributed by atoms with van der Waals surface area (Å²) >= 11 is 2.20. The van der Waals surface area contributed by atoms with E-state index in [0.717, 1.165) is 31.7 Å². The first-order chi connectivity index (χ1) is 12.7. The van der Waals surface area contributed by atoms with Crippen LogP contribution in [0.3, 0.4) is 0 Å². The molecule has 6 nitrogen and oxygen atoms in total. The lowest BCUT2D eigenvalue weighted by molar-refractivity contribution is -0.119. The van der Waals surface area contributed by atoms with Crippen LogP contribution in [0.4, 0.5) is 5.69 Å². The van der Waals surface area contributed by atoms with E-state index in [4.69, 9.17) is 0 Å². The standard InChI is InChI=1S/C19H22IN3O3S/c1-4-15-8-10-18(11-9-15)23(27(3,25)26)13-19(24)22-21-14(2)16-6-5-7-17(20)12-16/h5-12H,4,13H2,1-3H3,(H,22,24)/b21-14-. The van der Waals surface area contributed by atoms with Gasteiger partial charge in [0, 0.05) is 3.57 Å². The van der Waals surface area contributed by atoms with E-state index in [0.29, 0.717) is 11.4 Å². The molecule has 0 saturated heterocycles. The first kappa shape index (κ1) is 21.4. The highest BCUT2D eigenvalue weighted by molar-refractivity contribution is 14.1. The average molecular weight is 499 g/mol. The van der Waals surface area contributed by atoms with Crippen molar-refractivity contribution in [3.8, 4) is 0 Å². The monoisotopic (exact) mass is 499 g/mol. The van der Waals surface area contributed by atoms with Gasteiger partial charge >= 0.3 is 0 Å². The number of nitrogens with one attached hydrogen (secondary N) is 1. The summed E-state index contributed by atoms with van der Waals surface area (Å²) in [7, 11) is -3.61. The molecule has 0 unspecified atom stereocenters. The molecule has 2 aromatic rings. The van der Waals surface area contributed by atoms with Gasteiger partial charge in [-0.15, -0.1) is 0 Å². The number of benzene rings is 2. The van der Waals surface area contributed by atoms with E-state index in [2.05, 4.69) is 33.1 Å². The number of amides is 1. The lowest BCUT2D eigenvalue weighted by Gasteiger charge is -2.21. The molecule has 1 amide bonds. The van der Waals surface area contributed by atoms with E-state index >= 15 is 0 Å². The van der Waals surface area contributed by atoms with Crippen LogP contribution in [0.15, 0.2) is 53.6 Å². The third kappa shape index (κ3) is 6.31. The molecule has 0 aliphatic rings. The third-order valence-corrected chi connectivity index (χ3v) is 5.72. The molecule has 1 N–H and O–H groups in total. The van der Waals surface area contributed by atoms with Crippen LogP contribution >= 0.6 is 22.6 Å². The smallest absolute Gasteiger partial charge is 0.260 e. The van der Waals surface area contributed by atoms with Crippen molar-refractivity contribution in [2.75, 3.05) is 17.1 Å². The van der Waals surface area contributed by atoms with Gasteiger partial charge in [-0.1, -0.05) is 31.2 Å². The Morgan fingerprint density at radius 1 is 1.19 bits per heavy atom. The summed E-state index contributed by atoms with van der Waals surface area (Å²) in [6.07, 6.45) is 1.93.